The van der Waals surface area contributed by atoms with Gasteiger partial charge in [0.25, 0.3) is 0 Å². The lowest BCUT2D eigenvalue weighted by Crippen LogP contribution is -2.41. The number of ether oxygens (including phenoxy) is 2. The van der Waals surface area contributed by atoms with Crippen LogP contribution in [0.25, 0.3) is 0 Å². The maximum atomic E-state index is 13.2. The van der Waals surface area contributed by atoms with Crippen molar-refractivity contribution in [3.8, 4) is 11.5 Å². The number of nitrogens with zero attached hydrogens (tertiary/aromatic N) is 2. The van der Waals surface area contributed by atoms with Gasteiger partial charge in [-0.05, 0) is 44.2 Å². The second kappa shape index (κ2) is 8.23. The molecule has 0 saturated carbocycles. The summed E-state index contributed by atoms with van der Waals surface area (Å²) in [6, 6.07) is 15.6. The molecule has 0 aliphatic carbocycles. The Hall–Kier alpha value is -2.53. The molecule has 5 nitrogen and oxygen atoms in total. The molecule has 2 aromatic carbocycles. The maximum absolute atomic E-state index is 13.2. The number of carbonyl (C=O) groups excluding carboxylic acids is 1. The molecule has 1 amide bonds. The summed E-state index contributed by atoms with van der Waals surface area (Å²) in [6.07, 6.45) is 0. The Kier molecular flexibility index (Phi) is 5.78. The zero-order valence-corrected chi connectivity index (χ0v) is 15.6. The summed E-state index contributed by atoms with van der Waals surface area (Å²) in [5, 5.41) is 0. The summed E-state index contributed by atoms with van der Waals surface area (Å²) in [5.74, 6) is 1.67. The molecule has 1 unspecified atom stereocenters. The van der Waals surface area contributed by atoms with E-state index in [1.807, 2.05) is 74.3 Å². The lowest BCUT2D eigenvalue weighted by atomic mass is 10.0. The highest BCUT2D eigenvalue weighted by atomic mass is 16.7. The molecule has 1 aliphatic heterocycles. The van der Waals surface area contributed by atoms with Gasteiger partial charge in [0.2, 0.25) is 12.7 Å². The van der Waals surface area contributed by atoms with Gasteiger partial charge >= 0.3 is 0 Å². The Labute approximate surface area is 155 Å². The normalized spacial score (nSPS) is 13.7. The van der Waals surface area contributed by atoms with Crippen LogP contribution in [0.3, 0.4) is 0 Å². The van der Waals surface area contributed by atoms with Crippen molar-refractivity contribution in [3.63, 3.8) is 0 Å². The van der Waals surface area contributed by atoms with Gasteiger partial charge in [0.1, 0.15) is 6.04 Å². The topological polar surface area (TPSA) is 42.0 Å². The van der Waals surface area contributed by atoms with Gasteiger partial charge in [0.05, 0.1) is 0 Å². The summed E-state index contributed by atoms with van der Waals surface area (Å²) in [7, 11) is 1.99. The van der Waals surface area contributed by atoms with Crippen LogP contribution in [0.15, 0.2) is 48.5 Å². The van der Waals surface area contributed by atoms with Crippen LogP contribution in [-0.4, -0.2) is 42.6 Å². The minimum atomic E-state index is -0.318. The van der Waals surface area contributed by atoms with E-state index >= 15 is 0 Å². The average molecular weight is 354 g/mol. The molecular formula is C21H26N2O3. The van der Waals surface area contributed by atoms with Gasteiger partial charge in [-0.2, -0.15) is 0 Å². The number of fused-ring (bicyclic) bond motifs is 1. The van der Waals surface area contributed by atoms with E-state index in [-0.39, 0.29) is 18.7 Å². The quantitative estimate of drug-likeness (QED) is 0.764. The summed E-state index contributed by atoms with van der Waals surface area (Å²) >= 11 is 0. The number of hydrogen-bond acceptors (Lipinski definition) is 4. The highest BCUT2D eigenvalue weighted by Gasteiger charge is 2.28. The van der Waals surface area contributed by atoms with Crippen molar-refractivity contribution >= 4 is 5.91 Å². The van der Waals surface area contributed by atoms with E-state index in [0.29, 0.717) is 19.6 Å². The molecule has 5 heteroatoms. The van der Waals surface area contributed by atoms with Gasteiger partial charge in [-0.15, -0.1) is 0 Å². The fraction of sp³-hybridized carbons (Fsp3) is 0.381. The first-order valence-corrected chi connectivity index (χ1v) is 9.06. The molecule has 0 fully saturated rings. The van der Waals surface area contributed by atoms with Gasteiger partial charge < -0.3 is 14.4 Å². The predicted molar refractivity (Wildman–Crippen MR) is 101 cm³/mol. The first-order valence-electron chi connectivity index (χ1n) is 9.06. The minimum Gasteiger partial charge on any atom is -0.454 e. The van der Waals surface area contributed by atoms with Crippen LogP contribution in [0.5, 0.6) is 11.5 Å². The molecule has 138 valence electrons. The van der Waals surface area contributed by atoms with Gasteiger partial charge in [0, 0.05) is 19.6 Å². The monoisotopic (exact) mass is 354 g/mol. The first kappa shape index (κ1) is 18.3. The second-order valence-electron chi connectivity index (χ2n) is 6.43. The van der Waals surface area contributed by atoms with E-state index in [4.69, 9.17) is 9.47 Å². The molecule has 1 heterocycles. The van der Waals surface area contributed by atoms with Crippen molar-refractivity contribution in [1.29, 1.82) is 0 Å². The Morgan fingerprint density at radius 1 is 1.04 bits per heavy atom. The second-order valence-corrected chi connectivity index (χ2v) is 6.43. The SMILES string of the molecule is CCN(CC)C(=O)C(c1ccccc1)N(C)Cc1ccc2c(c1)OCO2. The molecule has 2 aromatic rings. The van der Waals surface area contributed by atoms with Crippen molar-refractivity contribution in [2.75, 3.05) is 26.9 Å². The summed E-state index contributed by atoms with van der Waals surface area (Å²) in [6.45, 7) is 6.35. The highest BCUT2D eigenvalue weighted by molar-refractivity contribution is 5.83. The third kappa shape index (κ3) is 3.83. The molecule has 3 rings (SSSR count). The van der Waals surface area contributed by atoms with Gasteiger partial charge in [-0.3, -0.25) is 9.69 Å². The van der Waals surface area contributed by atoms with Crippen LogP contribution in [0, 0.1) is 0 Å². The molecule has 0 radical (unpaired) electrons. The number of benzene rings is 2. The molecule has 26 heavy (non-hydrogen) atoms. The van der Waals surface area contributed by atoms with Crippen molar-refractivity contribution in [2.45, 2.75) is 26.4 Å². The Morgan fingerprint density at radius 3 is 2.42 bits per heavy atom. The van der Waals surface area contributed by atoms with Crippen molar-refractivity contribution in [1.82, 2.24) is 9.80 Å². The maximum Gasteiger partial charge on any atom is 0.244 e. The van der Waals surface area contributed by atoms with Crippen molar-refractivity contribution in [2.24, 2.45) is 0 Å². The van der Waals surface area contributed by atoms with Crippen LogP contribution in [0.1, 0.15) is 31.0 Å². The zero-order chi connectivity index (χ0) is 18.5. The fourth-order valence-corrected chi connectivity index (χ4v) is 3.35. The van der Waals surface area contributed by atoms with Crippen LogP contribution in [-0.2, 0) is 11.3 Å². The lowest BCUT2D eigenvalue weighted by molar-refractivity contribution is -0.136. The summed E-state index contributed by atoms with van der Waals surface area (Å²) < 4.78 is 10.8. The summed E-state index contributed by atoms with van der Waals surface area (Å²) in [5.41, 5.74) is 2.10. The van der Waals surface area contributed by atoms with E-state index in [0.717, 1.165) is 22.6 Å². The van der Waals surface area contributed by atoms with E-state index in [1.165, 1.54) is 0 Å². The van der Waals surface area contributed by atoms with E-state index in [1.54, 1.807) is 0 Å². The Morgan fingerprint density at radius 2 is 1.73 bits per heavy atom. The standard InChI is InChI=1S/C21H26N2O3/c1-4-23(5-2)21(24)20(17-9-7-6-8-10-17)22(3)14-16-11-12-18-19(13-16)26-15-25-18/h6-13,20H,4-5,14-15H2,1-3H3. The average Bonchev–Trinajstić information content (AvgIpc) is 3.11. The van der Waals surface area contributed by atoms with E-state index in [9.17, 15) is 4.79 Å². The molecule has 1 atom stereocenters. The molecule has 0 spiro atoms. The molecule has 0 aromatic heterocycles. The van der Waals surface area contributed by atoms with Gasteiger partial charge in [0.15, 0.2) is 11.5 Å². The van der Waals surface area contributed by atoms with Crippen molar-refractivity contribution in [3.05, 3.63) is 59.7 Å². The Bertz CT molecular complexity index is 744. The van der Waals surface area contributed by atoms with Crippen LogP contribution in [0.4, 0.5) is 0 Å². The number of likely N-dealkylation sites (N-methyl/N-ethyl adjacent to an activating group) is 2. The third-order valence-electron chi connectivity index (χ3n) is 4.73. The Balaban J connectivity index is 1.85. The first-order chi connectivity index (χ1) is 12.6. The zero-order valence-electron chi connectivity index (χ0n) is 15.6. The van der Waals surface area contributed by atoms with E-state index in [2.05, 4.69) is 4.90 Å². The largest absolute Gasteiger partial charge is 0.454 e. The van der Waals surface area contributed by atoms with Crippen LogP contribution in [0.2, 0.25) is 0 Å². The molecule has 0 saturated heterocycles. The van der Waals surface area contributed by atoms with E-state index < -0.39 is 0 Å². The number of carbonyl (C=O) groups is 1. The number of amides is 1. The minimum absolute atomic E-state index is 0.129. The smallest absolute Gasteiger partial charge is 0.244 e. The number of rotatable bonds is 7. The van der Waals surface area contributed by atoms with Gasteiger partial charge in [-0.25, -0.2) is 0 Å². The molecule has 1 aliphatic rings. The summed E-state index contributed by atoms with van der Waals surface area (Å²) in [4.78, 5) is 17.1. The van der Waals surface area contributed by atoms with Gasteiger partial charge in [-0.1, -0.05) is 36.4 Å². The molecule has 0 N–H and O–H groups in total. The van der Waals surface area contributed by atoms with Crippen LogP contribution < -0.4 is 9.47 Å². The molecule has 0 bridgehead atoms. The lowest BCUT2D eigenvalue weighted by Gasteiger charge is -2.32. The molecular weight excluding hydrogens is 328 g/mol. The highest BCUT2D eigenvalue weighted by Crippen LogP contribution is 2.33. The van der Waals surface area contributed by atoms with Crippen LogP contribution >= 0.6 is 0 Å². The predicted octanol–water partition coefficient (Wildman–Crippen LogP) is 3.46. The van der Waals surface area contributed by atoms with Crippen molar-refractivity contribution < 1.29 is 14.3 Å². The third-order valence-corrected chi connectivity index (χ3v) is 4.73. The number of hydrogen-bond donors (Lipinski definition) is 0. The fourth-order valence-electron chi connectivity index (χ4n) is 3.35.